The highest BCUT2D eigenvalue weighted by Crippen LogP contribution is 2.37. The summed E-state index contributed by atoms with van der Waals surface area (Å²) in [5.41, 5.74) is 0. The topological polar surface area (TPSA) is 35.5 Å². The zero-order chi connectivity index (χ0) is 12.6. The summed E-state index contributed by atoms with van der Waals surface area (Å²) in [6.07, 6.45) is 0.768. The second kappa shape index (κ2) is 4.49. The maximum Gasteiger partial charge on any atom is 0.309 e. The van der Waals surface area contributed by atoms with Crippen LogP contribution in [0, 0.1) is 5.92 Å². The molecule has 0 aromatic carbocycles. The van der Waals surface area contributed by atoms with Crippen molar-refractivity contribution in [3.05, 3.63) is 0 Å². The van der Waals surface area contributed by atoms with Crippen LogP contribution < -0.4 is 0 Å². The van der Waals surface area contributed by atoms with Gasteiger partial charge in [-0.1, -0.05) is 27.7 Å². The van der Waals surface area contributed by atoms with Gasteiger partial charge in [-0.2, -0.15) is 0 Å². The molecule has 1 heterocycles. The first-order valence-electron chi connectivity index (χ1n) is 5.98. The van der Waals surface area contributed by atoms with Crippen molar-refractivity contribution in [1.82, 2.24) is 0 Å². The lowest BCUT2D eigenvalue weighted by molar-refractivity contribution is -0.144. The minimum absolute atomic E-state index is 0.0309. The number of carbonyl (C=O) groups is 1. The standard InChI is InChI=1S/C12H24O3Si/c1-9-7-10(15-11(9)13)8-14-16(5,6)12(2,3)4/h9-10H,7-8H2,1-6H3/t9-,10+/m0/s1. The molecule has 1 fully saturated rings. The lowest BCUT2D eigenvalue weighted by Gasteiger charge is -2.36. The summed E-state index contributed by atoms with van der Waals surface area (Å²) >= 11 is 0. The van der Waals surface area contributed by atoms with Crippen LogP contribution in [0.4, 0.5) is 0 Å². The maximum absolute atomic E-state index is 11.2. The van der Waals surface area contributed by atoms with Crippen molar-refractivity contribution in [2.75, 3.05) is 6.61 Å². The Kier molecular flexibility index (Phi) is 3.85. The third-order valence-electron chi connectivity index (χ3n) is 3.74. The summed E-state index contributed by atoms with van der Waals surface area (Å²) in [6, 6.07) is 0. The molecule has 0 aromatic rings. The van der Waals surface area contributed by atoms with Gasteiger partial charge < -0.3 is 9.16 Å². The highest BCUT2D eigenvalue weighted by atomic mass is 28.4. The molecule has 0 N–H and O–H groups in total. The second-order valence-corrected chi connectivity index (χ2v) is 11.1. The van der Waals surface area contributed by atoms with Gasteiger partial charge in [0.25, 0.3) is 0 Å². The first-order valence-corrected chi connectivity index (χ1v) is 8.89. The Morgan fingerprint density at radius 1 is 1.44 bits per heavy atom. The number of hydrogen-bond acceptors (Lipinski definition) is 3. The van der Waals surface area contributed by atoms with Crippen molar-refractivity contribution in [2.24, 2.45) is 5.92 Å². The van der Waals surface area contributed by atoms with Gasteiger partial charge in [0.15, 0.2) is 8.32 Å². The van der Waals surface area contributed by atoms with E-state index in [9.17, 15) is 4.79 Å². The van der Waals surface area contributed by atoms with E-state index in [2.05, 4.69) is 33.9 Å². The average molecular weight is 244 g/mol. The molecular formula is C12H24O3Si. The third kappa shape index (κ3) is 3.07. The normalized spacial score (nSPS) is 27.0. The van der Waals surface area contributed by atoms with Crippen molar-refractivity contribution in [3.8, 4) is 0 Å². The van der Waals surface area contributed by atoms with E-state index in [1.807, 2.05) is 6.92 Å². The van der Waals surface area contributed by atoms with Crippen molar-refractivity contribution in [3.63, 3.8) is 0 Å². The fourth-order valence-electron chi connectivity index (χ4n) is 1.44. The van der Waals surface area contributed by atoms with Crippen molar-refractivity contribution >= 4 is 14.3 Å². The molecule has 0 aromatic heterocycles. The van der Waals surface area contributed by atoms with Gasteiger partial charge in [0.05, 0.1) is 12.5 Å². The quantitative estimate of drug-likeness (QED) is 0.565. The Morgan fingerprint density at radius 2 is 2.00 bits per heavy atom. The molecule has 1 saturated heterocycles. The van der Waals surface area contributed by atoms with Gasteiger partial charge in [-0.25, -0.2) is 0 Å². The van der Waals surface area contributed by atoms with Crippen molar-refractivity contribution in [2.45, 2.75) is 58.4 Å². The smallest absolute Gasteiger partial charge is 0.309 e. The van der Waals surface area contributed by atoms with Crippen LogP contribution in [0.15, 0.2) is 0 Å². The molecule has 1 aliphatic heterocycles. The maximum atomic E-state index is 11.2. The van der Waals surface area contributed by atoms with E-state index in [1.165, 1.54) is 0 Å². The molecule has 1 rings (SSSR count). The average Bonchev–Trinajstić information content (AvgIpc) is 2.41. The lowest BCUT2D eigenvalue weighted by atomic mass is 10.1. The van der Waals surface area contributed by atoms with Gasteiger partial charge in [-0.3, -0.25) is 4.79 Å². The molecule has 0 spiro atoms. The molecule has 0 aliphatic carbocycles. The molecule has 0 saturated carbocycles. The first-order chi connectivity index (χ1) is 7.13. The van der Waals surface area contributed by atoms with E-state index < -0.39 is 8.32 Å². The van der Waals surface area contributed by atoms with E-state index >= 15 is 0 Å². The summed E-state index contributed by atoms with van der Waals surface area (Å²) in [5, 5.41) is 0.210. The fraction of sp³-hybridized carbons (Fsp3) is 0.917. The molecule has 0 amide bonds. The molecule has 2 atom stereocenters. The predicted molar refractivity (Wildman–Crippen MR) is 66.8 cm³/mol. The van der Waals surface area contributed by atoms with E-state index in [-0.39, 0.29) is 23.0 Å². The van der Waals surface area contributed by atoms with E-state index in [1.54, 1.807) is 0 Å². The van der Waals surface area contributed by atoms with Gasteiger partial charge in [-0.15, -0.1) is 0 Å². The Bertz CT molecular complexity index is 268. The van der Waals surface area contributed by atoms with Crippen LogP contribution >= 0.6 is 0 Å². The number of cyclic esters (lactones) is 1. The van der Waals surface area contributed by atoms with Crippen LogP contribution in [-0.4, -0.2) is 27.0 Å². The van der Waals surface area contributed by atoms with Crippen LogP contribution in [-0.2, 0) is 14.0 Å². The second-order valence-electron chi connectivity index (χ2n) is 6.27. The molecule has 0 bridgehead atoms. The molecule has 1 aliphatic rings. The van der Waals surface area contributed by atoms with Gasteiger partial charge in [-0.05, 0) is 24.6 Å². The van der Waals surface area contributed by atoms with Gasteiger partial charge in [0.2, 0.25) is 0 Å². The highest BCUT2D eigenvalue weighted by Gasteiger charge is 2.39. The number of esters is 1. The van der Waals surface area contributed by atoms with E-state index in [0.29, 0.717) is 6.61 Å². The summed E-state index contributed by atoms with van der Waals surface area (Å²) in [4.78, 5) is 11.2. The fourth-order valence-corrected chi connectivity index (χ4v) is 2.47. The largest absolute Gasteiger partial charge is 0.460 e. The van der Waals surface area contributed by atoms with Gasteiger partial charge in [0, 0.05) is 0 Å². The molecule has 16 heavy (non-hydrogen) atoms. The van der Waals surface area contributed by atoms with E-state index in [4.69, 9.17) is 9.16 Å². The Hall–Kier alpha value is -0.353. The Balaban J connectivity index is 2.44. The summed E-state index contributed by atoms with van der Waals surface area (Å²) in [7, 11) is -1.71. The predicted octanol–water partition coefficient (Wildman–Crippen LogP) is 2.96. The lowest BCUT2D eigenvalue weighted by Crippen LogP contribution is -2.42. The molecule has 94 valence electrons. The van der Waals surface area contributed by atoms with Crippen LogP contribution in [0.2, 0.25) is 18.1 Å². The number of carbonyl (C=O) groups excluding carboxylic acids is 1. The molecule has 0 unspecified atom stereocenters. The summed E-state index contributed by atoms with van der Waals surface area (Å²) in [6.45, 7) is 13.5. The zero-order valence-electron chi connectivity index (χ0n) is 11.3. The molecule has 0 radical (unpaired) electrons. The number of hydrogen-bond donors (Lipinski definition) is 0. The van der Waals surface area contributed by atoms with Crippen LogP contribution in [0.3, 0.4) is 0 Å². The van der Waals surface area contributed by atoms with Gasteiger partial charge in [0.1, 0.15) is 6.10 Å². The third-order valence-corrected chi connectivity index (χ3v) is 8.24. The molecule has 4 heteroatoms. The SMILES string of the molecule is C[C@H]1C[C@H](CO[Si](C)(C)C(C)(C)C)OC1=O. The van der Waals surface area contributed by atoms with Crippen LogP contribution in [0.1, 0.15) is 34.1 Å². The Labute approximate surface area is 99.6 Å². The van der Waals surface area contributed by atoms with Crippen molar-refractivity contribution < 1.29 is 14.0 Å². The first kappa shape index (κ1) is 13.7. The number of rotatable bonds is 3. The molecular weight excluding hydrogens is 220 g/mol. The van der Waals surface area contributed by atoms with Crippen LogP contribution in [0.25, 0.3) is 0 Å². The highest BCUT2D eigenvalue weighted by molar-refractivity contribution is 6.74. The summed E-state index contributed by atoms with van der Waals surface area (Å²) in [5.74, 6) is -0.0446. The number of ether oxygens (including phenoxy) is 1. The minimum atomic E-state index is -1.71. The summed E-state index contributed by atoms with van der Waals surface area (Å²) < 4.78 is 11.3. The van der Waals surface area contributed by atoms with Crippen LogP contribution in [0.5, 0.6) is 0 Å². The minimum Gasteiger partial charge on any atom is -0.460 e. The zero-order valence-corrected chi connectivity index (χ0v) is 12.3. The monoisotopic (exact) mass is 244 g/mol. The van der Waals surface area contributed by atoms with Crippen molar-refractivity contribution in [1.29, 1.82) is 0 Å². The Morgan fingerprint density at radius 3 is 2.38 bits per heavy atom. The van der Waals surface area contributed by atoms with E-state index in [0.717, 1.165) is 6.42 Å². The van der Waals surface area contributed by atoms with Gasteiger partial charge >= 0.3 is 5.97 Å². The molecule has 3 nitrogen and oxygen atoms in total.